The van der Waals surface area contributed by atoms with Gasteiger partial charge in [0.25, 0.3) is 0 Å². The molecule has 1 aliphatic heterocycles. The van der Waals surface area contributed by atoms with Crippen LogP contribution in [0.3, 0.4) is 0 Å². The highest BCUT2D eigenvalue weighted by molar-refractivity contribution is 5.76. The van der Waals surface area contributed by atoms with E-state index in [1.54, 1.807) is 4.90 Å². The SMILES string of the molecule is CCC(CC(=O)O)NC(=O)N1CCCCC1CCO. The van der Waals surface area contributed by atoms with Gasteiger partial charge in [-0.1, -0.05) is 6.92 Å². The minimum Gasteiger partial charge on any atom is -0.481 e. The quantitative estimate of drug-likeness (QED) is 0.677. The highest BCUT2D eigenvalue weighted by Crippen LogP contribution is 2.19. The first-order chi connectivity index (χ1) is 9.08. The Kier molecular flexibility index (Phi) is 6.62. The van der Waals surface area contributed by atoms with Crippen LogP contribution < -0.4 is 5.32 Å². The van der Waals surface area contributed by atoms with E-state index in [2.05, 4.69) is 5.32 Å². The van der Waals surface area contributed by atoms with E-state index in [0.717, 1.165) is 19.3 Å². The van der Waals surface area contributed by atoms with Gasteiger partial charge in [0.2, 0.25) is 0 Å². The van der Waals surface area contributed by atoms with E-state index in [1.165, 1.54) is 0 Å². The largest absolute Gasteiger partial charge is 0.481 e. The number of nitrogens with zero attached hydrogens (tertiary/aromatic N) is 1. The van der Waals surface area contributed by atoms with Gasteiger partial charge < -0.3 is 20.4 Å². The van der Waals surface area contributed by atoms with Gasteiger partial charge in [-0.25, -0.2) is 4.79 Å². The third kappa shape index (κ3) is 5.06. The number of carboxylic acids is 1. The third-order valence-corrected chi connectivity index (χ3v) is 3.59. The summed E-state index contributed by atoms with van der Waals surface area (Å²) in [5.41, 5.74) is 0. The van der Waals surface area contributed by atoms with Gasteiger partial charge in [-0.3, -0.25) is 4.79 Å². The normalized spacial score (nSPS) is 20.9. The molecular weight excluding hydrogens is 248 g/mol. The first kappa shape index (κ1) is 15.8. The second kappa shape index (κ2) is 7.99. The van der Waals surface area contributed by atoms with Gasteiger partial charge in [0.1, 0.15) is 0 Å². The molecule has 0 bridgehead atoms. The van der Waals surface area contributed by atoms with E-state index in [1.807, 2.05) is 6.92 Å². The fraction of sp³-hybridized carbons (Fsp3) is 0.846. The number of aliphatic hydroxyl groups is 1. The summed E-state index contributed by atoms with van der Waals surface area (Å²) in [7, 11) is 0. The lowest BCUT2D eigenvalue weighted by Gasteiger charge is -2.36. The second-order valence-electron chi connectivity index (χ2n) is 5.01. The number of urea groups is 1. The zero-order valence-electron chi connectivity index (χ0n) is 11.5. The van der Waals surface area contributed by atoms with Crippen LogP contribution in [0.15, 0.2) is 0 Å². The standard InChI is InChI=1S/C13H24N2O4/c1-2-10(9-12(17)18)14-13(19)15-7-4-3-5-11(15)6-8-16/h10-11,16H,2-9H2,1H3,(H,14,19)(H,17,18). The number of aliphatic carboxylic acids is 1. The molecule has 1 fully saturated rings. The zero-order chi connectivity index (χ0) is 14.3. The van der Waals surface area contributed by atoms with E-state index in [4.69, 9.17) is 10.2 Å². The summed E-state index contributed by atoms with van der Waals surface area (Å²) in [6.07, 6.45) is 4.07. The van der Waals surface area contributed by atoms with Crippen molar-refractivity contribution in [2.24, 2.45) is 0 Å². The lowest BCUT2D eigenvalue weighted by atomic mass is 10.00. The minimum atomic E-state index is -0.905. The molecule has 3 N–H and O–H groups in total. The van der Waals surface area contributed by atoms with Crippen molar-refractivity contribution in [2.45, 2.75) is 57.5 Å². The summed E-state index contributed by atoms with van der Waals surface area (Å²) in [6, 6.07) is -0.464. The molecule has 0 aromatic heterocycles. The Morgan fingerprint density at radius 2 is 2.16 bits per heavy atom. The molecule has 19 heavy (non-hydrogen) atoms. The van der Waals surface area contributed by atoms with Crippen LogP contribution in [0.2, 0.25) is 0 Å². The second-order valence-corrected chi connectivity index (χ2v) is 5.01. The van der Waals surface area contributed by atoms with Crippen LogP contribution in [0.5, 0.6) is 0 Å². The van der Waals surface area contributed by atoms with E-state index in [9.17, 15) is 9.59 Å². The van der Waals surface area contributed by atoms with Crippen molar-refractivity contribution in [1.29, 1.82) is 0 Å². The van der Waals surface area contributed by atoms with Crippen molar-refractivity contribution >= 4 is 12.0 Å². The molecule has 0 saturated carbocycles. The molecule has 2 unspecified atom stereocenters. The van der Waals surface area contributed by atoms with Crippen LogP contribution in [-0.4, -0.2) is 52.3 Å². The van der Waals surface area contributed by atoms with Crippen molar-refractivity contribution in [3.63, 3.8) is 0 Å². The van der Waals surface area contributed by atoms with Gasteiger partial charge in [-0.2, -0.15) is 0 Å². The fourth-order valence-electron chi connectivity index (χ4n) is 2.48. The van der Waals surface area contributed by atoms with Gasteiger partial charge in [0, 0.05) is 25.2 Å². The van der Waals surface area contributed by atoms with E-state index < -0.39 is 5.97 Å². The predicted molar refractivity (Wildman–Crippen MR) is 70.9 cm³/mol. The van der Waals surface area contributed by atoms with E-state index in [-0.39, 0.29) is 31.1 Å². The Morgan fingerprint density at radius 1 is 1.42 bits per heavy atom. The Bertz CT molecular complexity index is 307. The van der Waals surface area contributed by atoms with E-state index >= 15 is 0 Å². The van der Waals surface area contributed by atoms with Gasteiger partial charge in [-0.05, 0) is 32.1 Å². The first-order valence-corrected chi connectivity index (χ1v) is 6.98. The van der Waals surface area contributed by atoms with Crippen LogP contribution in [0, 0.1) is 0 Å². The molecule has 0 aromatic rings. The molecule has 1 heterocycles. The number of piperidine rings is 1. The average molecular weight is 272 g/mol. The number of carbonyl (C=O) groups excluding carboxylic acids is 1. The number of amides is 2. The summed E-state index contributed by atoms with van der Waals surface area (Å²) in [5, 5.41) is 20.6. The van der Waals surface area contributed by atoms with Crippen LogP contribution in [-0.2, 0) is 4.79 Å². The Balaban J connectivity index is 2.55. The van der Waals surface area contributed by atoms with Crippen molar-refractivity contribution in [1.82, 2.24) is 10.2 Å². The highest BCUT2D eigenvalue weighted by atomic mass is 16.4. The molecule has 1 saturated heterocycles. The number of aliphatic hydroxyl groups excluding tert-OH is 1. The van der Waals surface area contributed by atoms with Crippen molar-refractivity contribution in [3.05, 3.63) is 0 Å². The molecule has 6 heteroatoms. The predicted octanol–water partition coefficient (Wildman–Crippen LogP) is 1.19. The van der Waals surface area contributed by atoms with Crippen LogP contribution in [0.4, 0.5) is 4.79 Å². The lowest BCUT2D eigenvalue weighted by Crippen LogP contribution is -2.51. The maximum Gasteiger partial charge on any atom is 0.317 e. The first-order valence-electron chi connectivity index (χ1n) is 6.98. The molecule has 1 rings (SSSR count). The summed E-state index contributed by atoms with van der Waals surface area (Å²) in [6.45, 7) is 2.61. The molecule has 6 nitrogen and oxygen atoms in total. The number of hydrogen-bond acceptors (Lipinski definition) is 3. The number of nitrogens with one attached hydrogen (secondary N) is 1. The molecule has 2 atom stereocenters. The number of carbonyl (C=O) groups is 2. The number of hydrogen-bond donors (Lipinski definition) is 3. The van der Waals surface area contributed by atoms with Gasteiger partial charge in [0.05, 0.1) is 6.42 Å². The zero-order valence-corrected chi connectivity index (χ0v) is 11.5. The van der Waals surface area contributed by atoms with Crippen molar-refractivity contribution in [3.8, 4) is 0 Å². The minimum absolute atomic E-state index is 0.0548. The maximum absolute atomic E-state index is 12.2. The third-order valence-electron chi connectivity index (χ3n) is 3.59. The Hall–Kier alpha value is -1.30. The molecule has 0 aliphatic carbocycles. The van der Waals surface area contributed by atoms with Crippen LogP contribution in [0.1, 0.15) is 45.4 Å². The molecule has 0 aromatic carbocycles. The summed E-state index contributed by atoms with van der Waals surface area (Å²) < 4.78 is 0. The number of likely N-dealkylation sites (tertiary alicyclic amines) is 1. The molecule has 110 valence electrons. The number of rotatable bonds is 6. The maximum atomic E-state index is 12.2. The topological polar surface area (TPSA) is 89.9 Å². The average Bonchev–Trinajstić information content (AvgIpc) is 2.38. The van der Waals surface area contributed by atoms with Crippen LogP contribution >= 0.6 is 0 Å². The molecule has 0 spiro atoms. The lowest BCUT2D eigenvalue weighted by molar-refractivity contribution is -0.137. The van der Waals surface area contributed by atoms with Gasteiger partial charge in [-0.15, -0.1) is 0 Å². The molecule has 2 amide bonds. The van der Waals surface area contributed by atoms with Crippen molar-refractivity contribution < 1.29 is 19.8 Å². The van der Waals surface area contributed by atoms with E-state index in [0.29, 0.717) is 19.4 Å². The summed E-state index contributed by atoms with van der Waals surface area (Å²) in [5.74, 6) is -0.905. The summed E-state index contributed by atoms with van der Waals surface area (Å²) in [4.78, 5) is 24.6. The smallest absolute Gasteiger partial charge is 0.317 e. The number of carboxylic acid groups (broad SMARTS) is 1. The molecular formula is C13H24N2O4. The molecule has 0 radical (unpaired) electrons. The monoisotopic (exact) mass is 272 g/mol. The Morgan fingerprint density at radius 3 is 2.74 bits per heavy atom. The highest BCUT2D eigenvalue weighted by Gasteiger charge is 2.27. The fourth-order valence-corrected chi connectivity index (χ4v) is 2.48. The van der Waals surface area contributed by atoms with Gasteiger partial charge >= 0.3 is 12.0 Å². The summed E-state index contributed by atoms with van der Waals surface area (Å²) >= 11 is 0. The molecule has 1 aliphatic rings. The Labute approximate surface area is 113 Å². The van der Waals surface area contributed by atoms with Crippen LogP contribution in [0.25, 0.3) is 0 Å². The van der Waals surface area contributed by atoms with Gasteiger partial charge in [0.15, 0.2) is 0 Å². The van der Waals surface area contributed by atoms with Crippen molar-refractivity contribution in [2.75, 3.05) is 13.2 Å².